The van der Waals surface area contributed by atoms with Crippen LogP contribution < -0.4 is 5.32 Å². The van der Waals surface area contributed by atoms with Gasteiger partial charge in [-0.2, -0.15) is 4.31 Å². The van der Waals surface area contributed by atoms with Gasteiger partial charge in [-0.15, -0.1) is 0 Å². The number of likely N-dealkylation sites (tertiary alicyclic amines) is 1. The number of nitrogens with zero attached hydrogens (tertiary/aromatic N) is 2. The van der Waals surface area contributed by atoms with E-state index in [4.69, 9.17) is 11.6 Å². The van der Waals surface area contributed by atoms with E-state index >= 15 is 0 Å². The molecule has 1 amide bonds. The maximum Gasteiger partial charge on any atom is 0.243 e. The van der Waals surface area contributed by atoms with E-state index in [-0.39, 0.29) is 29.3 Å². The van der Waals surface area contributed by atoms with Gasteiger partial charge in [-0.05, 0) is 70.1 Å². The summed E-state index contributed by atoms with van der Waals surface area (Å²) in [5.41, 5.74) is 0. The molecule has 8 heteroatoms. The van der Waals surface area contributed by atoms with Gasteiger partial charge in [-0.3, -0.25) is 4.79 Å². The first-order valence-corrected chi connectivity index (χ1v) is 10.9. The molecule has 1 atom stereocenters. The van der Waals surface area contributed by atoms with Crippen LogP contribution in [0.25, 0.3) is 0 Å². The van der Waals surface area contributed by atoms with Gasteiger partial charge in [0.2, 0.25) is 15.9 Å². The molecule has 1 N–H and O–H groups in total. The number of halogens is 1. The van der Waals surface area contributed by atoms with Gasteiger partial charge >= 0.3 is 0 Å². The molecule has 2 aliphatic rings. The molecule has 2 fully saturated rings. The number of amides is 1. The maximum absolute atomic E-state index is 12.8. The molecule has 0 spiro atoms. The predicted molar refractivity (Wildman–Crippen MR) is 102 cm³/mol. The van der Waals surface area contributed by atoms with E-state index in [1.54, 1.807) is 12.1 Å². The minimum atomic E-state index is -3.60. The number of piperidine rings is 2. The maximum atomic E-state index is 12.8. The summed E-state index contributed by atoms with van der Waals surface area (Å²) in [6, 6.07) is 6.37. The third kappa shape index (κ3) is 4.57. The van der Waals surface area contributed by atoms with Crippen molar-refractivity contribution in [3.05, 3.63) is 29.3 Å². The van der Waals surface area contributed by atoms with Crippen molar-refractivity contribution >= 4 is 27.5 Å². The number of hydrogen-bond donors (Lipinski definition) is 1. The molecule has 2 aliphatic heterocycles. The van der Waals surface area contributed by atoms with E-state index in [0.29, 0.717) is 18.0 Å². The van der Waals surface area contributed by atoms with Crippen LogP contribution in [0.2, 0.25) is 5.02 Å². The third-order valence-electron chi connectivity index (χ3n) is 5.27. The molecule has 0 radical (unpaired) electrons. The highest BCUT2D eigenvalue weighted by molar-refractivity contribution is 7.89. The minimum absolute atomic E-state index is 0.0180. The van der Waals surface area contributed by atoms with Crippen molar-refractivity contribution in [3.8, 4) is 0 Å². The minimum Gasteiger partial charge on any atom is -0.353 e. The second-order valence-electron chi connectivity index (χ2n) is 7.24. The standard InChI is InChI=1S/C18H26ClN3O3S/c1-21-11-8-16(9-12-21)20-18(23)14-3-2-10-22(13-14)26(24,25)17-6-4-15(19)5-7-17/h4-7,14,16H,2-3,8-13H2,1H3,(H,20,23)/t14-/m1/s1. The van der Waals surface area contributed by atoms with Crippen LogP contribution in [-0.4, -0.2) is 62.8 Å². The topological polar surface area (TPSA) is 69.7 Å². The molecule has 2 saturated heterocycles. The van der Waals surface area contributed by atoms with Crippen LogP contribution in [0.15, 0.2) is 29.2 Å². The predicted octanol–water partition coefficient (Wildman–Crippen LogP) is 1.95. The van der Waals surface area contributed by atoms with Gasteiger partial charge in [0, 0.05) is 24.2 Å². The number of carbonyl (C=O) groups excluding carboxylic acids is 1. The molecule has 2 heterocycles. The summed E-state index contributed by atoms with van der Waals surface area (Å²) in [6.45, 7) is 2.64. The van der Waals surface area contributed by atoms with Gasteiger partial charge in [0.15, 0.2) is 0 Å². The van der Waals surface area contributed by atoms with Gasteiger partial charge in [-0.25, -0.2) is 8.42 Å². The van der Waals surface area contributed by atoms with Gasteiger partial charge in [0.05, 0.1) is 10.8 Å². The summed E-state index contributed by atoms with van der Waals surface area (Å²) < 4.78 is 27.1. The molecular formula is C18H26ClN3O3S. The van der Waals surface area contributed by atoms with Gasteiger partial charge in [-0.1, -0.05) is 11.6 Å². The summed E-state index contributed by atoms with van der Waals surface area (Å²) >= 11 is 5.85. The Morgan fingerprint density at radius 2 is 1.77 bits per heavy atom. The Hall–Kier alpha value is -1.15. The first-order valence-electron chi connectivity index (χ1n) is 9.11. The van der Waals surface area contributed by atoms with Crippen LogP contribution in [0.3, 0.4) is 0 Å². The van der Waals surface area contributed by atoms with Crippen molar-refractivity contribution in [1.82, 2.24) is 14.5 Å². The van der Waals surface area contributed by atoms with Gasteiger partial charge in [0.25, 0.3) is 0 Å². The van der Waals surface area contributed by atoms with Crippen LogP contribution >= 0.6 is 11.6 Å². The molecule has 3 rings (SSSR count). The fourth-order valence-corrected chi connectivity index (χ4v) is 5.25. The Labute approximate surface area is 160 Å². The Morgan fingerprint density at radius 1 is 1.12 bits per heavy atom. The SMILES string of the molecule is CN1CCC(NC(=O)[C@@H]2CCCN(S(=O)(=O)c3ccc(Cl)cc3)C2)CC1. The molecule has 0 saturated carbocycles. The fraction of sp³-hybridized carbons (Fsp3) is 0.611. The number of nitrogens with one attached hydrogen (secondary N) is 1. The monoisotopic (exact) mass is 399 g/mol. The third-order valence-corrected chi connectivity index (χ3v) is 7.40. The van der Waals surface area contributed by atoms with Crippen LogP contribution in [0.4, 0.5) is 0 Å². The molecule has 144 valence electrons. The average Bonchev–Trinajstić information content (AvgIpc) is 2.64. The van der Waals surface area contributed by atoms with E-state index in [1.165, 1.54) is 16.4 Å². The average molecular weight is 400 g/mol. The van der Waals surface area contributed by atoms with E-state index in [0.717, 1.165) is 32.4 Å². The molecule has 1 aromatic rings. The van der Waals surface area contributed by atoms with Gasteiger partial charge < -0.3 is 10.2 Å². The van der Waals surface area contributed by atoms with Crippen molar-refractivity contribution < 1.29 is 13.2 Å². The lowest BCUT2D eigenvalue weighted by atomic mass is 9.97. The van der Waals surface area contributed by atoms with Crippen molar-refractivity contribution in [1.29, 1.82) is 0 Å². The first kappa shape index (κ1) is 19.6. The molecule has 0 aromatic heterocycles. The molecular weight excluding hydrogens is 374 g/mol. The highest BCUT2D eigenvalue weighted by Crippen LogP contribution is 2.25. The molecule has 26 heavy (non-hydrogen) atoms. The highest BCUT2D eigenvalue weighted by atomic mass is 35.5. The zero-order valence-corrected chi connectivity index (χ0v) is 16.6. The van der Waals surface area contributed by atoms with Crippen molar-refractivity contribution in [2.75, 3.05) is 33.2 Å². The number of carbonyl (C=O) groups is 1. The van der Waals surface area contributed by atoms with E-state index in [9.17, 15) is 13.2 Å². The van der Waals surface area contributed by atoms with Crippen molar-refractivity contribution in [2.45, 2.75) is 36.6 Å². The summed E-state index contributed by atoms with van der Waals surface area (Å²) in [4.78, 5) is 15.1. The normalized spacial score (nSPS) is 23.7. The van der Waals surface area contributed by atoms with Crippen LogP contribution in [0, 0.1) is 5.92 Å². The van der Waals surface area contributed by atoms with E-state index < -0.39 is 10.0 Å². The largest absolute Gasteiger partial charge is 0.353 e. The zero-order valence-electron chi connectivity index (χ0n) is 15.0. The second-order valence-corrected chi connectivity index (χ2v) is 9.62. The zero-order chi connectivity index (χ0) is 18.7. The van der Waals surface area contributed by atoms with E-state index in [1.807, 2.05) is 0 Å². The molecule has 1 aromatic carbocycles. The van der Waals surface area contributed by atoms with Gasteiger partial charge in [0.1, 0.15) is 0 Å². The quantitative estimate of drug-likeness (QED) is 0.840. The number of benzene rings is 1. The summed E-state index contributed by atoms with van der Waals surface area (Å²) in [5.74, 6) is -0.305. The molecule has 0 aliphatic carbocycles. The smallest absolute Gasteiger partial charge is 0.243 e. The molecule has 6 nitrogen and oxygen atoms in total. The van der Waals surface area contributed by atoms with Crippen molar-refractivity contribution in [2.24, 2.45) is 5.92 Å². The highest BCUT2D eigenvalue weighted by Gasteiger charge is 2.34. The Morgan fingerprint density at radius 3 is 2.42 bits per heavy atom. The Kier molecular flexibility index (Phi) is 6.22. The summed E-state index contributed by atoms with van der Waals surface area (Å²) in [7, 11) is -1.52. The summed E-state index contributed by atoms with van der Waals surface area (Å²) in [6.07, 6.45) is 3.31. The van der Waals surface area contributed by atoms with Crippen LogP contribution in [0.1, 0.15) is 25.7 Å². The van der Waals surface area contributed by atoms with E-state index in [2.05, 4.69) is 17.3 Å². The fourth-order valence-electron chi connectivity index (χ4n) is 3.60. The lowest BCUT2D eigenvalue weighted by Crippen LogP contribution is -2.49. The number of rotatable bonds is 4. The van der Waals surface area contributed by atoms with Crippen LogP contribution in [-0.2, 0) is 14.8 Å². The summed E-state index contributed by atoms with van der Waals surface area (Å²) in [5, 5.41) is 3.62. The lowest BCUT2D eigenvalue weighted by molar-refractivity contribution is -0.127. The lowest BCUT2D eigenvalue weighted by Gasteiger charge is -2.34. The molecule has 0 unspecified atom stereocenters. The van der Waals surface area contributed by atoms with Crippen molar-refractivity contribution in [3.63, 3.8) is 0 Å². The first-order chi connectivity index (χ1) is 12.4. The van der Waals surface area contributed by atoms with Crippen LogP contribution in [0.5, 0.6) is 0 Å². The number of hydrogen-bond acceptors (Lipinski definition) is 4. The Balaban J connectivity index is 1.63. The number of sulfonamides is 1. The second kappa shape index (κ2) is 8.25. The Bertz CT molecular complexity index is 731. The molecule has 0 bridgehead atoms.